The summed E-state index contributed by atoms with van der Waals surface area (Å²) in [5.41, 5.74) is 1.19. The monoisotopic (exact) mass is 246 g/mol. The van der Waals surface area contributed by atoms with Crippen molar-refractivity contribution < 1.29 is 9.90 Å². The van der Waals surface area contributed by atoms with Gasteiger partial charge in [0.1, 0.15) is 0 Å². The van der Waals surface area contributed by atoms with Crippen molar-refractivity contribution in [2.24, 2.45) is 0 Å². The Hall–Kier alpha value is -1.61. The standard InChI is InChI=1S/C14H14O2S/c1-10(9-14(15)16)12-7-8-13(17-12)11-5-3-2-4-6-11/h2-8,10H,9H2,1H3,(H,15,16). The van der Waals surface area contributed by atoms with Crippen LogP contribution in [-0.4, -0.2) is 11.1 Å². The van der Waals surface area contributed by atoms with Crippen LogP contribution in [0, 0.1) is 0 Å². The van der Waals surface area contributed by atoms with E-state index in [1.54, 1.807) is 11.3 Å². The number of carboxylic acids is 1. The first-order valence-corrected chi connectivity index (χ1v) is 6.35. The maximum Gasteiger partial charge on any atom is 0.303 e. The normalized spacial score (nSPS) is 12.3. The molecule has 0 saturated carbocycles. The van der Waals surface area contributed by atoms with Gasteiger partial charge < -0.3 is 5.11 Å². The number of aliphatic carboxylic acids is 1. The van der Waals surface area contributed by atoms with Crippen LogP contribution in [0.4, 0.5) is 0 Å². The van der Waals surface area contributed by atoms with Gasteiger partial charge in [0.05, 0.1) is 6.42 Å². The van der Waals surface area contributed by atoms with Gasteiger partial charge in [-0.25, -0.2) is 0 Å². The number of carboxylic acid groups (broad SMARTS) is 1. The van der Waals surface area contributed by atoms with Crippen molar-refractivity contribution >= 4 is 17.3 Å². The molecule has 1 aromatic heterocycles. The van der Waals surface area contributed by atoms with Gasteiger partial charge in [-0.05, 0) is 17.7 Å². The minimum atomic E-state index is -0.743. The summed E-state index contributed by atoms with van der Waals surface area (Å²) in [6.07, 6.45) is 0.189. The summed E-state index contributed by atoms with van der Waals surface area (Å²) in [5, 5.41) is 8.77. The first-order chi connectivity index (χ1) is 8.16. The zero-order valence-electron chi connectivity index (χ0n) is 9.59. The molecule has 1 N–H and O–H groups in total. The minimum Gasteiger partial charge on any atom is -0.481 e. The predicted octanol–water partition coefficient (Wildman–Crippen LogP) is 3.99. The van der Waals surface area contributed by atoms with Crippen LogP contribution in [-0.2, 0) is 4.79 Å². The molecule has 0 fully saturated rings. The zero-order chi connectivity index (χ0) is 12.3. The Balaban J connectivity index is 2.19. The third-order valence-electron chi connectivity index (χ3n) is 2.65. The van der Waals surface area contributed by atoms with Crippen molar-refractivity contribution in [1.82, 2.24) is 0 Å². The number of thiophene rings is 1. The summed E-state index contributed by atoms with van der Waals surface area (Å²) < 4.78 is 0. The fourth-order valence-corrected chi connectivity index (χ4v) is 2.80. The lowest BCUT2D eigenvalue weighted by Gasteiger charge is -2.04. The molecule has 0 radical (unpaired) electrons. The van der Waals surface area contributed by atoms with Gasteiger partial charge in [0.25, 0.3) is 0 Å². The van der Waals surface area contributed by atoms with E-state index in [2.05, 4.69) is 18.2 Å². The van der Waals surface area contributed by atoms with Gasteiger partial charge in [-0.15, -0.1) is 11.3 Å². The summed E-state index contributed by atoms with van der Waals surface area (Å²) in [4.78, 5) is 13.0. The van der Waals surface area contributed by atoms with Gasteiger partial charge in [0.15, 0.2) is 0 Å². The summed E-state index contributed by atoms with van der Waals surface area (Å²) in [5.74, 6) is -0.665. The Morgan fingerprint density at radius 2 is 1.94 bits per heavy atom. The fourth-order valence-electron chi connectivity index (χ4n) is 1.74. The third-order valence-corrected chi connectivity index (χ3v) is 4.02. The Morgan fingerprint density at radius 1 is 1.24 bits per heavy atom. The highest BCUT2D eigenvalue weighted by molar-refractivity contribution is 7.15. The Bertz CT molecular complexity index is 502. The molecule has 0 aliphatic rings. The van der Waals surface area contributed by atoms with E-state index in [4.69, 9.17) is 5.11 Å². The molecule has 2 rings (SSSR count). The second-order valence-electron chi connectivity index (χ2n) is 4.07. The average Bonchev–Trinajstić information content (AvgIpc) is 2.78. The minimum absolute atomic E-state index is 0.0787. The molecule has 3 heteroatoms. The molecule has 0 aliphatic heterocycles. The van der Waals surface area contributed by atoms with Gasteiger partial charge in [-0.3, -0.25) is 4.79 Å². The van der Waals surface area contributed by atoms with Crippen LogP contribution < -0.4 is 0 Å². The van der Waals surface area contributed by atoms with E-state index in [9.17, 15) is 4.79 Å². The highest BCUT2D eigenvalue weighted by Crippen LogP contribution is 2.33. The molecule has 0 aliphatic carbocycles. The van der Waals surface area contributed by atoms with Crippen LogP contribution in [0.2, 0.25) is 0 Å². The lowest BCUT2D eigenvalue weighted by atomic mass is 10.1. The van der Waals surface area contributed by atoms with Crippen molar-refractivity contribution in [2.75, 3.05) is 0 Å². The lowest BCUT2D eigenvalue weighted by Crippen LogP contribution is -2.00. The van der Waals surface area contributed by atoms with Gasteiger partial charge in [-0.1, -0.05) is 37.3 Å². The molecule has 0 amide bonds. The van der Waals surface area contributed by atoms with Crippen LogP contribution in [0.15, 0.2) is 42.5 Å². The van der Waals surface area contributed by atoms with Gasteiger partial charge in [-0.2, -0.15) is 0 Å². The SMILES string of the molecule is CC(CC(=O)O)c1ccc(-c2ccccc2)s1. The molecule has 2 nitrogen and oxygen atoms in total. The first kappa shape index (κ1) is 11.9. The van der Waals surface area contributed by atoms with Crippen LogP contribution in [0.25, 0.3) is 10.4 Å². The summed E-state index contributed by atoms with van der Waals surface area (Å²) in [6.45, 7) is 1.95. The zero-order valence-corrected chi connectivity index (χ0v) is 10.4. The molecule has 0 spiro atoms. The van der Waals surface area contributed by atoms with Crippen LogP contribution in [0.1, 0.15) is 24.1 Å². The van der Waals surface area contributed by atoms with Crippen molar-refractivity contribution in [3.63, 3.8) is 0 Å². The maximum atomic E-state index is 10.7. The summed E-state index contributed by atoms with van der Waals surface area (Å²) >= 11 is 1.67. The molecular formula is C14H14O2S. The molecule has 0 saturated heterocycles. The van der Waals surface area contributed by atoms with Crippen molar-refractivity contribution in [3.05, 3.63) is 47.3 Å². The van der Waals surface area contributed by atoms with E-state index < -0.39 is 5.97 Å². The largest absolute Gasteiger partial charge is 0.481 e. The molecule has 1 aromatic carbocycles. The molecule has 1 atom stereocenters. The van der Waals surface area contributed by atoms with Gasteiger partial charge in [0.2, 0.25) is 0 Å². The summed E-state index contributed by atoms with van der Waals surface area (Å²) in [6, 6.07) is 14.2. The molecule has 1 heterocycles. The number of rotatable bonds is 4. The first-order valence-electron chi connectivity index (χ1n) is 5.54. The second kappa shape index (κ2) is 5.15. The number of carbonyl (C=O) groups is 1. The van der Waals surface area contributed by atoms with Crippen molar-refractivity contribution in [2.45, 2.75) is 19.3 Å². The Morgan fingerprint density at radius 3 is 2.59 bits per heavy atom. The highest BCUT2D eigenvalue weighted by Gasteiger charge is 2.12. The Labute approximate surface area is 105 Å². The van der Waals surface area contributed by atoms with E-state index >= 15 is 0 Å². The molecule has 0 bridgehead atoms. The molecular weight excluding hydrogens is 232 g/mol. The van der Waals surface area contributed by atoms with Gasteiger partial charge >= 0.3 is 5.97 Å². The maximum absolute atomic E-state index is 10.7. The number of hydrogen-bond acceptors (Lipinski definition) is 2. The number of hydrogen-bond donors (Lipinski definition) is 1. The van der Waals surface area contributed by atoms with Crippen LogP contribution in [0.5, 0.6) is 0 Å². The molecule has 1 unspecified atom stereocenters. The van der Waals surface area contributed by atoms with Crippen LogP contribution >= 0.6 is 11.3 Å². The topological polar surface area (TPSA) is 37.3 Å². The molecule has 2 aromatic rings. The Kier molecular flexibility index (Phi) is 3.59. The van der Waals surface area contributed by atoms with Gasteiger partial charge in [0, 0.05) is 15.7 Å². The predicted molar refractivity (Wildman–Crippen MR) is 70.4 cm³/mol. The molecule has 17 heavy (non-hydrogen) atoms. The van der Waals surface area contributed by atoms with E-state index in [1.807, 2.05) is 31.2 Å². The van der Waals surface area contributed by atoms with E-state index in [0.717, 1.165) is 4.88 Å². The quantitative estimate of drug-likeness (QED) is 0.885. The third kappa shape index (κ3) is 2.94. The van der Waals surface area contributed by atoms with Crippen molar-refractivity contribution in [3.8, 4) is 10.4 Å². The van der Waals surface area contributed by atoms with E-state index in [1.165, 1.54) is 10.4 Å². The van der Waals surface area contributed by atoms with E-state index in [0.29, 0.717) is 0 Å². The summed E-state index contributed by atoms with van der Waals surface area (Å²) in [7, 11) is 0. The second-order valence-corrected chi connectivity index (χ2v) is 5.18. The average molecular weight is 246 g/mol. The highest BCUT2D eigenvalue weighted by atomic mass is 32.1. The van der Waals surface area contributed by atoms with E-state index in [-0.39, 0.29) is 12.3 Å². The van der Waals surface area contributed by atoms with Crippen LogP contribution in [0.3, 0.4) is 0 Å². The molecule has 88 valence electrons. The van der Waals surface area contributed by atoms with Crippen molar-refractivity contribution in [1.29, 1.82) is 0 Å². The fraction of sp³-hybridized carbons (Fsp3) is 0.214. The lowest BCUT2D eigenvalue weighted by molar-refractivity contribution is -0.137. The smallest absolute Gasteiger partial charge is 0.303 e. The number of benzene rings is 1.